The second-order valence-electron chi connectivity index (χ2n) is 5.07. The summed E-state index contributed by atoms with van der Waals surface area (Å²) in [5, 5.41) is -0.462. The predicted octanol–water partition coefficient (Wildman–Crippen LogP) is 0.689. The molecule has 2 fully saturated rings. The molecular weight excluding hydrogens is 300 g/mol. The molecule has 0 aromatic rings. The van der Waals surface area contributed by atoms with E-state index < -0.39 is 39.5 Å². The number of rotatable bonds is 6. The fourth-order valence-corrected chi connectivity index (χ4v) is 4.04. The molecule has 1 heterocycles. The van der Waals surface area contributed by atoms with Crippen LogP contribution in [0.15, 0.2) is 12.7 Å². The van der Waals surface area contributed by atoms with Crippen LogP contribution >= 0.6 is 0 Å². The van der Waals surface area contributed by atoms with Crippen molar-refractivity contribution in [1.29, 1.82) is 0 Å². The molecule has 2 aliphatic rings. The Kier molecular flexibility index (Phi) is 5.00. The number of carbonyl (C=O) groups excluding carboxylic acids is 2. The van der Waals surface area contributed by atoms with E-state index in [-0.39, 0.29) is 13.0 Å². The van der Waals surface area contributed by atoms with E-state index in [0.29, 0.717) is 25.7 Å². The highest BCUT2D eigenvalue weighted by Gasteiger charge is 2.48. The number of hydrogen-bond donors (Lipinski definition) is 0. The van der Waals surface area contributed by atoms with Crippen LogP contribution in [0, 0.1) is 0 Å². The second-order valence-corrected chi connectivity index (χ2v) is 6.91. The molecule has 3 unspecified atom stereocenters. The van der Waals surface area contributed by atoms with Gasteiger partial charge in [-0.3, -0.25) is 8.98 Å². The number of fused-ring (bicyclic) bond motifs is 2. The van der Waals surface area contributed by atoms with E-state index in [4.69, 9.17) is 13.7 Å². The van der Waals surface area contributed by atoms with Crippen molar-refractivity contribution in [3.63, 3.8) is 0 Å². The number of carbonyl (C=O) groups is 2. The SMILES string of the molecule is C=CC(=O)OCCCC(=O)OC1CCC2CC1OS2(=O)=O. The standard InChI is InChI=1S/C13H18O7S/c1-2-12(14)18-7-3-4-13(15)19-10-6-5-9-8-11(10)20-21(9,16)17/h2,9-11H,1,3-8H2. The largest absolute Gasteiger partial charge is 0.463 e. The summed E-state index contributed by atoms with van der Waals surface area (Å²) in [7, 11) is -3.48. The molecule has 1 saturated carbocycles. The van der Waals surface area contributed by atoms with Crippen LogP contribution in [0.1, 0.15) is 32.1 Å². The Bertz CT molecular complexity index is 525. The van der Waals surface area contributed by atoms with E-state index in [1.165, 1.54) is 0 Å². The Hall–Kier alpha value is -1.41. The van der Waals surface area contributed by atoms with Gasteiger partial charge in [0.25, 0.3) is 10.1 Å². The zero-order valence-corrected chi connectivity index (χ0v) is 12.3. The van der Waals surface area contributed by atoms with E-state index >= 15 is 0 Å². The number of esters is 2. The predicted molar refractivity (Wildman–Crippen MR) is 71.7 cm³/mol. The number of hydrogen-bond acceptors (Lipinski definition) is 7. The molecule has 21 heavy (non-hydrogen) atoms. The summed E-state index contributed by atoms with van der Waals surface area (Å²) in [5.41, 5.74) is 0. The van der Waals surface area contributed by atoms with Crippen molar-refractivity contribution >= 4 is 22.1 Å². The molecule has 1 aliphatic carbocycles. The summed E-state index contributed by atoms with van der Waals surface area (Å²) in [6.07, 6.45) is 1.75. The summed E-state index contributed by atoms with van der Waals surface area (Å²) in [6.45, 7) is 3.37. The molecule has 0 spiro atoms. The maximum Gasteiger partial charge on any atom is 0.330 e. The molecule has 7 nitrogen and oxygen atoms in total. The molecule has 3 atom stereocenters. The lowest BCUT2D eigenvalue weighted by Crippen LogP contribution is -2.34. The Morgan fingerprint density at radius 3 is 2.81 bits per heavy atom. The maximum atomic E-state index is 11.7. The Labute approximate surface area is 123 Å². The van der Waals surface area contributed by atoms with Gasteiger partial charge in [0.15, 0.2) is 0 Å². The molecule has 0 amide bonds. The summed E-state index contributed by atoms with van der Waals surface area (Å²) < 4.78 is 38.1. The Morgan fingerprint density at radius 2 is 2.10 bits per heavy atom. The monoisotopic (exact) mass is 318 g/mol. The summed E-state index contributed by atoms with van der Waals surface area (Å²) in [6, 6.07) is 0. The van der Waals surface area contributed by atoms with Gasteiger partial charge in [-0.1, -0.05) is 6.58 Å². The van der Waals surface area contributed by atoms with Crippen molar-refractivity contribution < 1.29 is 31.7 Å². The van der Waals surface area contributed by atoms with Crippen LogP contribution in [-0.4, -0.2) is 44.4 Å². The smallest absolute Gasteiger partial charge is 0.330 e. The minimum absolute atomic E-state index is 0.101. The van der Waals surface area contributed by atoms with Gasteiger partial charge < -0.3 is 9.47 Å². The van der Waals surface area contributed by atoms with E-state index in [2.05, 4.69) is 6.58 Å². The molecule has 118 valence electrons. The van der Waals surface area contributed by atoms with Crippen LogP contribution < -0.4 is 0 Å². The van der Waals surface area contributed by atoms with Crippen molar-refractivity contribution in [2.75, 3.05) is 6.61 Å². The van der Waals surface area contributed by atoms with Crippen LogP contribution in [0.4, 0.5) is 0 Å². The zero-order chi connectivity index (χ0) is 15.5. The average molecular weight is 318 g/mol. The van der Waals surface area contributed by atoms with Gasteiger partial charge in [-0.2, -0.15) is 8.42 Å². The van der Waals surface area contributed by atoms with E-state index in [1.54, 1.807) is 0 Å². The van der Waals surface area contributed by atoms with Crippen molar-refractivity contribution in [3.8, 4) is 0 Å². The highest BCUT2D eigenvalue weighted by molar-refractivity contribution is 7.87. The molecule has 0 N–H and O–H groups in total. The first-order valence-electron chi connectivity index (χ1n) is 6.83. The summed E-state index contributed by atoms with van der Waals surface area (Å²) in [4.78, 5) is 22.5. The molecule has 8 heteroatoms. The van der Waals surface area contributed by atoms with Crippen LogP contribution in [0.5, 0.6) is 0 Å². The third-order valence-corrected chi connectivity index (χ3v) is 5.33. The fraction of sp³-hybridized carbons (Fsp3) is 0.692. The Balaban J connectivity index is 1.71. The summed E-state index contributed by atoms with van der Waals surface area (Å²) >= 11 is 0. The molecule has 0 aromatic carbocycles. The van der Waals surface area contributed by atoms with Crippen LogP contribution in [-0.2, 0) is 33.4 Å². The first-order chi connectivity index (χ1) is 9.92. The minimum atomic E-state index is -3.48. The molecule has 2 rings (SSSR count). The zero-order valence-electron chi connectivity index (χ0n) is 11.5. The first kappa shape index (κ1) is 16.0. The van der Waals surface area contributed by atoms with Crippen molar-refractivity contribution in [2.45, 2.75) is 49.6 Å². The second kappa shape index (κ2) is 6.57. The van der Waals surface area contributed by atoms with Gasteiger partial charge in [0.2, 0.25) is 0 Å². The van der Waals surface area contributed by atoms with Crippen LogP contribution in [0.25, 0.3) is 0 Å². The lowest BCUT2D eigenvalue weighted by atomic mass is 9.94. The molecule has 2 bridgehead atoms. The van der Waals surface area contributed by atoms with Gasteiger partial charge in [-0.05, 0) is 25.7 Å². The maximum absolute atomic E-state index is 11.7. The third kappa shape index (κ3) is 4.04. The molecule has 1 aliphatic heterocycles. The minimum Gasteiger partial charge on any atom is -0.463 e. The molecular formula is C13H18O7S. The lowest BCUT2D eigenvalue weighted by Gasteiger charge is -2.25. The van der Waals surface area contributed by atoms with Crippen molar-refractivity contribution in [2.24, 2.45) is 0 Å². The average Bonchev–Trinajstić information content (AvgIpc) is 2.68. The molecule has 1 saturated heterocycles. The summed E-state index contributed by atoms with van der Waals surface area (Å²) in [5.74, 6) is -0.979. The highest BCUT2D eigenvalue weighted by Crippen LogP contribution is 2.37. The highest BCUT2D eigenvalue weighted by atomic mass is 32.2. The van der Waals surface area contributed by atoms with Gasteiger partial charge >= 0.3 is 11.9 Å². The lowest BCUT2D eigenvalue weighted by molar-refractivity contribution is -0.155. The normalized spacial score (nSPS) is 29.6. The van der Waals surface area contributed by atoms with Crippen molar-refractivity contribution in [3.05, 3.63) is 12.7 Å². The van der Waals surface area contributed by atoms with Gasteiger partial charge in [-0.25, -0.2) is 4.79 Å². The van der Waals surface area contributed by atoms with Crippen LogP contribution in [0.3, 0.4) is 0 Å². The number of ether oxygens (including phenoxy) is 2. The van der Waals surface area contributed by atoms with Gasteiger partial charge in [0.05, 0.1) is 11.9 Å². The van der Waals surface area contributed by atoms with Crippen molar-refractivity contribution in [1.82, 2.24) is 0 Å². The van der Waals surface area contributed by atoms with E-state index in [1.807, 2.05) is 0 Å². The third-order valence-electron chi connectivity index (χ3n) is 3.57. The first-order valence-corrected chi connectivity index (χ1v) is 8.30. The molecule has 0 radical (unpaired) electrons. The topological polar surface area (TPSA) is 96.0 Å². The van der Waals surface area contributed by atoms with Gasteiger partial charge in [0, 0.05) is 12.5 Å². The van der Waals surface area contributed by atoms with E-state index in [0.717, 1.165) is 6.08 Å². The van der Waals surface area contributed by atoms with Crippen LogP contribution in [0.2, 0.25) is 0 Å². The van der Waals surface area contributed by atoms with Gasteiger partial charge in [0.1, 0.15) is 12.2 Å². The molecule has 0 aromatic heterocycles. The van der Waals surface area contributed by atoms with E-state index in [9.17, 15) is 18.0 Å². The van der Waals surface area contributed by atoms with Gasteiger partial charge in [-0.15, -0.1) is 0 Å². The Morgan fingerprint density at radius 1 is 1.33 bits per heavy atom. The quantitative estimate of drug-likeness (QED) is 0.308. The fourth-order valence-electron chi connectivity index (χ4n) is 2.49.